The summed E-state index contributed by atoms with van der Waals surface area (Å²) in [6.07, 6.45) is -13.0. The maximum Gasteiger partial charge on any atom is 1.00 e. The van der Waals surface area contributed by atoms with Crippen LogP contribution in [-0.2, 0) is 19.0 Å². The Morgan fingerprint density at radius 1 is 1.04 bits per heavy atom. The Labute approximate surface area is 199 Å². The van der Waals surface area contributed by atoms with E-state index in [0.717, 1.165) is 0 Å². The van der Waals surface area contributed by atoms with Crippen LogP contribution in [0.2, 0.25) is 0 Å². The molecule has 8 atom stereocenters. The molecule has 0 aromatic rings. The number of nitrogens with zero attached hydrogens (tertiary/aromatic N) is 1. The van der Waals surface area contributed by atoms with Gasteiger partial charge in [0, 0.05) is 0 Å². The topological polar surface area (TPSA) is 242 Å². The summed E-state index contributed by atoms with van der Waals surface area (Å²) in [5.74, 6) is -6.10. The number of aliphatic hydroxyl groups is 8. The van der Waals surface area contributed by atoms with Crippen LogP contribution < -0.4 is 51.4 Å². The minimum Gasteiger partial charge on any atom is -0.553 e. The number of aliphatic hydroxyl groups excluding tert-OH is 8. The van der Waals surface area contributed by atoms with Crippen LogP contribution in [0.25, 0.3) is 0 Å². The van der Waals surface area contributed by atoms with Gasteiger partial charge in [0.2, 0.25) is 11.8 Å². The SMILES string of the molecule is O=[N+]([O-])O[C@@]1(OC2(CO)O[C@H](CO)[C@@H](O)[C@@H]2O)O[C@H](CO)[C@@H](O)[C@H](O)[C-]1O.[K+]. The third-order valence-corrected chi connectivity index (χ3v) is 4.19. The first-order valence-corrected chi connectivity index (χ1v) is 7.58. The van der Waals surface area contributed by atoms with Crippen molar-refractivity contribution in [2.24, 2.45) is 0 Å². The molecule has 2 fully saturated rings. The summed E-state index contributed by atoms with van der Waals surface area (Å²) in [5.41, 5.74) is 0. The number of hydrogen-bond donors (Lipinski definition) is 8. The van der Waals surface area contributed by atoms with Gasteiger partial charge in [-0.3, -0.25) is 4.84 Å². The van der Waals surface area contributed by atoms with Crippen molar-refractivity contribution in [3.63, 3.8) is 0 Å². The van der Waals surface area contributed by atoms with E-state index < -0.39 is 79.4 Å². The molecule has 0 spiro atoms. The van der Waals surface area contributed by atoms with Gasteiger partial charge in [0.05, 0.1) is 19.3 Å². The third kappa shape index (κ3) is 4.67. The smallest absolute Gasteiger partial charge is 0.553 e. The molecule has 0 bridgehead atoms. The molecule has 0 aliphatic carbocycles. The molecular formula is C12H20KNO14. The molecule has 0 amide bonds. The normalized spacial score (nSPS) is 44.1. The Kier molecular flexibility index (Phi) is 9.57. The van der Waals surface area contributed by atoms with E-state index in [2.05, 4.69) is 4.84 Å². The van der Waals surface area contributed by atoms with Crippen LogP contribution in [-0.4, -0.2) is 114 Å². The molecule has 2 aliphatic heterocycles. The van der Waals surface area contributed by atoms with Crippen LogP contribution in [0, 0.1) is 16.2 Å². The molecule has 2 saturated heterocycles. The summed E-state index contributed by atoms with van der Waals surface area (Å²) >= 11 is 0. The van der Waals surface area contributed by atoms with Crippen molar-refractivity contribution in [2.75, 3.05) is 19.8 Å². The number of rotatable bonds is 7. The first-order valence-electron chi connectivity index (χ1n) is 7.58. The predicted octanol–water partition coefficient (Wildman–Crippen LogP) is -8.31. The van der Waals surface area contributed by atoms with E-state index in [1.54, 1.807) is 0 Å². The molecule has 1 unspecified atom stereocenters. The van der Waals surface area contributed by atoms with Crippen molar-refractivity contribution in [3.05, 3.63) is 16.2 Å². The maximum absolute atomic E-state index is 10.9. The van der Waals surface area contributed by atoms with Gasteiger partial charge in [-0.05, 0) is 6.10 Å². The monoisotopic (exact) mass is 441 g/mol. The van der Waals surface area contributed by atoms with Crippen molar-refractivity contribution in [1.82, 2.24) is 0 Å². The fourth-order valence-corrected chi connectivity index (χ4v) is 2.76. The van der Waals surface area contributed by atoms with Gasteiger partial charge >= 0.3 is 51.4 Å². The van der Waals surface area contributed by atoms with Crippen LogP contribution >= 0.6 is 0 Å². The van der Waals surface area contributed by atoms with Crippen molar-refractivity contribution in [1.29, 1.82) is 0 Å². The summed E-state index contributed by atoms with van der Waals surface area (Å²) in [6, 6.07) is 0. The molecule has 0 aromatic heterocycles. The average Bonchev–Trinajstić information content (AvgIpc) is 2.87. The minimum absolute atomic E-state index is 0. The molecule has 0 radical (unpaired) electrons. The Morgan fingerprint density at radius 2 is 1.57 bits per heavy atom. The molecule has 15 nitrogen and oxygen atoms in total. The zero-order chi connectivity index (χ0) is 20.6. The first-order chi connectivity index (χ1) is 12.6. The van der Waals surface area contributed by atoms with E-state index >= 15 is 0 Å². The fraction of sp³-hybridized carbons (Fsp3) is 0.917. The molecular weight excluding hydrogens is 421 g/mol. The molecule has 2 aliphatic rings. The van der Waals surface area contributed by atoms with Gasteiger partial charge in [-0.15, -0.1) is 10.1 Å². The largest absolute Gasteiger partial charge is 1.00 e. The van der Waals surface area contributed by atoms with Crippen molar-refractivity contribution < 1.29 is 116 Å². The standard InChI is InChI=1S/C12H20NO14.K/c14-1-4-6(17)8(19)10(21)12(25-4,27-13(22)23)26-11(3-16)9(20)7(18)5(2-15)24-11;/h4-9,14-21H,1-3H2;/q-1;+1/t4-,5-,6-,7-,8+,9+,11?,12-;/m1./s1. The Hall–Kier alpha value is 0.396. The first kappa shape index (κ1) is 26.4. The second-order valence-electron chi connectivity index (χ2n) is 5.88. The number of hydrogen-bond acceptors (Lipinski definition) is 14. The minimum atomic E-state index is -3.37. The quantitative estimate of drug-likeness (QED) is 0.0601. The van der Waals surface area contributed by atoms with E-state index in [0.29, 0.717) is 0 Å². The summed E-state index contributed by atoms with van der Waals surface area (Å²) < 4.78 is 14.9. The predicted molar refractivity (Wildman–Crippen MR) is 74.8 cm³/mol. The van der Waals surface area contributed by atoms with E-state index in [1.165, 1.54) is 0 Å². The van der Waals surface area contributed by atoms with Crippen molar-refractivity contribution in [3.8, 4) is 0 Å². The molecule has 0 saturated carbocycles. The van der Waals surface area contributed by atoms with Crippen LogP contribution in [0.15, 0.2) is 0 Å². The zero-order valence-electron chi connectivity index (χ0n) is 14.6. The van der Waals surface area contributed by atoms with Gasteiger partial charge in [-0.2, -0.15) is 0 Å². The van der Waals surface area contributed by atoms with Gasteiger partial charge in [-0.1, -0.05) is 6.10 Å². The van der Waals surface area contributed by atoms with E-state index in [-0.39, 0.29) is 51.4 Å². The van der Waals surface area contributed by atoms with Gasteiger partial charge < -0.3 is 55.1 Å². The molecule has 0 aromatic carbocycles. The summed E-state index contributed by atoms with van der Waals surface area (Å²) in [6.45, 7) is -3.16. The molecule has 158 valence electrons. The van der Waals surface area contributed by atoms with Crippen molar-refractivity contribution in [2.45, 2.75) is 48.4 Å². The Morgan fingerprint density at radius 3 is 2.00 bits per heavy atom. The third-order valence-electron chi connectivity index (χ3n) is 4.19. The maximum atomic E-state index is 10.9. The molecule has 28 heavy (non-hydrogen) atoms. The Balaban J connectivity index is 0.00000392. The second-order valence-corrected chi connectivity index (χ2v) is 5.88. The number of ether oxygens (including phenoxy) is 3. The van der Waals surface area contributed by atoms with Gasteiger partial charge in [-0.25, -0.2) is 0 Å². The molecule has 2 heterocycles. The van der Waals surface area contributed by atoms with Crippen LogP contribution in [0.4, 0.5) is 0 Å². The van der Waals surface area contributed by atoms with E-state index in [4.69, 9.17) is 19.3 Å². The average molecular weight is 441 g/mol. The van der Waals surface area contributed by atoms with Gasteiger partial charge in [0.25, 0.3) is 5.09 Å². The molecule has 8 N–H and O–H groups in total. The fourth-order valence-electron chi connectivity index (χ4n) is 2.76. The molecule has 16 heteroatoms. The summed E-state index contributed by atoms with van der Waals surface area (Å²) in [7, 11) is 0. The summed E-state index contributed by atoms with van der Waals surface area (Å²) in [4.78, 5) is 15.0. The zero-order valence-corrected chi connectivity index (χ0v) is 17.7. The van der Waals surface area contributed by atoms with Crippen molar-refractivity contribution >= 4 is 0 Å². The van der Waals surface area contributed by atoms with Gasteiger partial charge in [0.15, 0.2) is 0 Å². The van der Waals surface area contributed by atoms with Crippen LogP contribution in [0.5, 0.6) is 0 Å². The summed E-state index contributed by atoms with van der Waals surface area (Å²) in [5, 5.41) is 86.9. The van der Waals surface area contributed by atoms with Crippen LogP contribution in [0.3, 0.4) is 0 Å². The van der Waals surface area contributed by atoms with E-state index in [1.807, 2.05) is 0 Å². The molecule has 2 rings (SSSR count). The van der Waals surface area contributed by atoms with Gasteiger partial charge in [0.1, 0.15) is 31.0 Å². The second kappa shape index (κ2) is 10.1. The van der Waals surface area contributed by atoms with Crippen LogP contribution in [0.1, 0.15) is 0 Å². The van der Waals surface area contributed by atoms with E-state index in [9.17, 15) is 45.9 Å². The Bertz CT molecular complexity index is 540.